The molecule has 2 bridgehead atoms. The molecule has 0 aromatic heterocycles. The van der Waals surface area contributed by atoms with Crippen molar-refractivity contribution in [3.8, 4) is 0 Å². The molecule has 2 aromatic rings. The molecular formula is C22H23F2N. The molecule has 2 heterocycles. The molecule has 1 fully saturated rings. The van der Waals surface area contributed by atoms with E-state index in [1.54, 1.807) is 13.0 Å². The highest BCUT2D eigenvalue weighted by molar-refractivity contribution is 5.69. The van der Waals surface area contributed by atoms with Gasteiger partial charge in [0.15, 0.2) is 0 Å². The van der Waals surface area contributed by atoms with E-state index in [0.29, 0.717) is 23.2 Å². The lowest BCUT2D eigenvalue weighted by Gasteiger charge is -2.45. The third-order valence-corrected chi connectivity index (χ3v) is 5.58. The molecule has 0 radical (unpaired) electrons. The summed E-state index contributed by atoms with van der Waals surface area (Å²) in [6.07, 6.45) is 6.52. The maximum absolute atomic E-state index is 14.3. The third kappa shape index (κ3) is 3.25. The summed E-state index contributed by atoms with van der Waals surface area (Å²) in [5.74, 6) is -0.910. The molecule has 0 saturated carbocycles. The zero-order chi connectivity index (χ0) is 17.4. The van der Waals surface area contributed by atoms with Gasteiger partial charge in [0.1, 0.15) is 11.6 Å². The van der Waals surface area contributed by atoms with Gasteiger partial charge in [0.2, 0.25) is 0 Å². The lowest BCUT2D eigenvalue weighted by atomic mass is 9.82. The van der Waals surface area contributed by atoms with Crippen LogP contribution in [0.1, 0.15) is 42.4 Å². The minimum absolute atomic E-state index is 0.340. The van der Waals surface area contributed by atoms with E-state index in [1.807, 2.05) is 6.07 Å². The van der Waals surface area contributed by atoms with Crippen LogP contribution in [0.5, 0.6) is 0 Å². The van der Waals surface area contributed by atoms with Crippen LogP contribution >= 0.6 is 0 Å². The minimum Gasteiger partial charge on any atom is -0.289 e. The molecule has 130 valence electrons. The second kappa shape index (κ2) is 6.72. The molecule has 3 heteroatoms. The van der Waals surface area contributed by atoms with Crippen molar-refractivity contribution in [2.75, 3.05) is 0 Å². The lowest BCUT2D eigenvalue weighted by molar-refractivity contribution is 0.0950. The van der Waals surface area contributed by atoms with E-state index < -0.39 is 11.6 Å². The van der Waals surface area contributed by atoms with E-state index in [-0.39, 0.29) is 0 Å². The number of hydrogen-bond acceptors (Lipinski definition) is 1. The Bertz CT molecular complexity index is 797. The Morgan fingerprint density at radius 2 is 1.84 bits per heavy atom. The van der Waals surface area contributed by atoms with Gasteiger partial charge < -0.3 is 0 Å². The Morgan fingerprint density at radius 3 is 2.60 bits per heavy atom. The number of fused-ring (bicyclic) bond motifs is 2. The Hall–Kier alpha value is -2.00. The molecule has 2 atom stereocenters. The number of benzene rings is 2. The van der Waals surface area contributed by atoms with Crippen LogP contribution < -0.4 is 0 Å². The number of hydrogen-bond donors (Lipinski definition) is 0. The van der Waals surface area contributed by atoms with Crippen LogP contribution in [0, 0.1) is 18.6 Å². The Kier molecular flexibility index (Phi) is 4.43. The quantitative estimate of drug-likeness (QED) is 0.715. The second-order valence-corrected chi connectivity index (χ2v) is 7.29. The van der Waals surface area contributed by atoms with Crippen molar-refractivity contribution in [2.24, 2.45) is 0 Å². The summed E-state index contributed by atoms with van der Waals surface area (Å²) in [5, 5.41) is 0. The van der Waals surface area contributed by atoms with E-state index in [0.717, 1.165) is 37.4 Å². The first kappa shape index (κ1) is 16.5. The summed E-state index contributed by atoms with van der Waals surface area (Å²) < 4.78 is 27.9. The molecule has 0 aliphatic carbocycles. The molecule has 1 saturated heterocycles. The van der Waals surface area contributed by atoms with Gasteiger partial charge in [-0.1, -0.05) is 42.8 Å². The average molecular weight is 339 g/mol. The highest BCUT2D eigenvalue weighted by atomic mass is 19.1. The lowest BCUT2D eigenvalue weighted by Crippen LogP contribution is -2.47. The highest BCUT2D eigenvalue weighted by Crippen LogP contribution is 2.39. The molecule has 4 rings (SSSR count). The van der Waals surface area contributed by atoms with Gasteiger partial charge in [-0.3, -0.25) is 4.90 Å². The van der Waals surface area contributed by atoms with Crippen LogP contribution in [0.15, 0.2) is 48.5 Å². The molecule has 0 N–H and O–H groups in total. The molecular weight excluding hydrogens is 316 g/mol. The third-order valence-electron chi connectivity index (χ3n) is 5.58. The van der Waals surface area contributed by atoms with Crippen molar-refractivity contribution in [3.63, 3.8) is 0 Å². The largest absolute Gasteiger partial charge is 0.289 e. The summed E-state index contributed by atoms with van der Waals surface area (Å²) in [6, 6.07) is 14.0. The first-order valence-corrected chi connectivity index (χ1v) is 9.08. The smallest absolute Gasteiger partial charge is 0.133 e. The van der Waals surface area contributed by atoms with Crippen LogP contribution in [-0.2, 0) is 6.54 Å². The van der Waals surface area contributed by atoms with Crippen LogP contribution in [0.4, 0.5) is 8.78 Å². The van der Waals surface area contributed by atoms with Crippen molar-refractivity contribution < 1.29 is 8.78 Å². The summed E-state index contributed by atoms with van der Waals surface area (Å²) in [6.45, 7) is 2.63. The summed E-state index contributed by atoms with van der Waals surface area (Å²) in [5.41, 5.74) is 3.45. The van der Waals surface area contributed by atoms with Gasteiger partial charge in [-0.05, 0) is 49.0 Å². The number of aryl methyl sites for hydroxylation is 1. The normalized spacial score (nSPS) is 23.4. The first-order chi connectivity index (χ1) is 12.1. The van der Waals surface area contributed by atoms with Crippen molar-refractivity contribution in [3.05, 3.63) is 76.9 Å². The van der Waals surface area contributed by atoms with E-state index in [2.05, 4.69) is 35.2 Å². The van der Waals surface area contributed by atoms with Crippen molar-refractivity contribution in [2.45, 2.75) is 51.2 Å². The Labute approximate surface area is 148 Å². The number of piperidine rings is 1. The summed E-state index contributed by atoms with van der Waals surface area (Å²) in [4.78, 5) is 2.55. The zero-order valence-corrected chi connectivity index (χ0v) is 14.5. The van der Waals surface area contributed by atoms with Crippen LogP contribution in [-0.4, -0.2) is 17.0 Å². The van der Waals surface area contributed by atoms with Gasteiger partial charge in [-0.25, -0.2) is 8.78 Å². The number of nitrogens with zero attached hydrogens (tertiary/aromatic N) is 1. The van der Waals surface area contributed by atoms with Crippen molar-refractivity contribution in [1.29, 1.82) is 0 Å². The van der Waals surface area contributed by atoms with Gasteiger partial charge in [-0.2, -0.15) is 0 Å². The van der Waals surface area contributed by atoms with Gasteiger partial charge in [0.25, 0.3) is 0 Å². The van der Waals surface area contributed by atoms with Crippen LogP contribution in [0.2, 0.25) is 0 Å². The van der Waals surface area contributed by atoms with E-state index in [4.69, 9.17) is 0 Å². The van der Waals surface area contributed by atoms with Gasteiger partial charge in [0.05, 0.1) is 0 Å². The molecule has 25 heavy (non-hydrogen) atoms. The van der Waals surface area contributed by atoms with Crippen LogP contribution in [0.3, 0.4) is 0 Å². The molecule has 2 aromatic carbocycles. The fourth-order valence-electron chi connectivity index (χ4n) is 4.26. The highest BCUT2D eigenvalue weighted by Gasteiger charge is 2.34. The fraction of sp³-hybridized carbons (Fsp3) is 0.364. The predicted octanol–water partition coefficient (Wildman–Crippen LogP) is 5.48. The first-order valence-electron chi connectivity index (χ1n) is 9.08. The molecule has 2 aliphatic heterocycles. The molecule has 1 nitrogen and oxygen atoms in total. The second-order valence-electron chi connectivity index (χ2n) is 7.29. The summed E-state index contributed by atoms with van der Waals surface area (Å²) in [7, 11) is 0. The molecule has 2 aliphatic rings. The summed E-state index contributed by atoms with van der Waals surface area (Å²) >= 11 is 0. The fourth-order valence-corrected chi connectivity index (χ4v) is 4.26. The Morgan fingerprint density at radius 1 is 1.04 bits per heavy atom. The maximum atomic E-state index is 14.3. The Balaban J connectivity index is 1.64. The van der Waals surface area contributed by atoms with E-state index in [9.17, 15) is 8.78 Å². The standard InChI is InChI=1S/C22H23F2N/c1-15-10-20(22(24)13-21(15)23)17-11-18-8-5-9-19(12-17)25(18)14-16-6-3-2-4-7-16/h2-4,6-7,10-11,13,18-19H,5,8-9,12,14H2,1H3. The maximum Gasteiger partial charge on any atom is 0.133 e. The molecule has 2 unspecified atom stereocenters. The molecule has 0 spiro atoms. The average Bonchev–Trinajstić information content (AvgIpc) is 2.59. The van der Waals surface area contributed by atoms with Gasteiger partial charge in [-0.15, -0.1) is 0 Å². The van der Waals surface area contributed by atoms with E-state index >= 15 is 0 Å². The van der Waals surface area contributed by atoms with E-state index in [1.165, 1.54) is 12.0 Å². The van der Waals surface area contributed by atoms with Crippen LogP contribution in [0.25, 0.3) is 5.57 Å². The van der Waals surface area contributed by atoms with Gasteiger partial charge >= 0.3 is 0 Å². The zero-order valence-electron chi connectivity index (χ0n) is 14.5. The predicted molar refractivity (Wildman–Crippen MR) is 97.1 cm³/mol. The minimum atomic E-state index is -0.469. The van der Waals surface area contributed by atoms with Gasteiger partial charge in [0, 0.05) is 30.3 Å². The topological polar surface area (TPSA) is 3.24 Å². The number of halogens is 2. The number of rotatable bonds is 3. The monoisotopic (exact) mass is 339 g/mol. The SMILES string of the molecule is Cc1cc(C2=CC3CCCC(C2)N3Cc2ccccc2)c(F)cc1F. The van der Waals surface area contributed by atoms with Crippen molar-refractivity contribution in [1.82, 2.24) is 4.90 Å². The van der Waals surface area contributed by atoms with Crippen molar-refractivity contribution >= 4 is 5.57 Å². The molecule has 0 amide bonds.